The molecule has 1 aromatic heterocycles. The number of nitrogens with one attached hydrogen (secondary N) is 1. The van der Waals surface area contributed by atoms with E-state index in [2.05, 4.69) is 27.3 Å². The molecular formula is C17H25N5O2. The monoisotopic (exact) mass is 331 g/mol. The fourth-order valence-electron chi connectivity index (χ4n) is 2.29. The number of nitrogens with zero attached hydrogens (tertiary/aromatic N) is 4. The van der Waals surface area contributed by atoms with Gasteiger partial charge in [-0.2, -0.15) is 0 Å². The molecule has 1 heterocycles. The van der Waals surface area contributed by atoms with Crippen LogP contribution in [0.5, 0.6) is 0 Å². The van der Waals surface area contributed by atoms with Crippen LogP contribution in [0.4, 0.5) is 4.79 Å². The Morgan fingerprint density at radius 2 is 1.92 bits per heavy atom. The van der Waals surface area contributed by atoms with Crippen molar-refractivity contribution >= 4 is 6.03 Å². The first-order valence-corrected chi connectivity index (χ1v) is 8.03. The molecule has 7 nitrogen and oxygen atoms in total. The van der Waals surface area contributed by atoms with Crippen molar-refractivity contribution in [1.29, 1.82) is 0 Å². The number of carbonyl (C=O) groups excluding carboxylic acids is 1. The molecule has 0 aliphatic heterocycles. The molecule has 2 aromatic rings. The van der Waals surface area contributed by atoms with E-state index < -0.39 is 0 Å². The highest BCUT2D eigenvalue weighted by molar-refractivity contribution is 5.74. The average Bonchev–Trinajstić information content (AvgIpc) is 3.03. The van der Waals surface area contributed by atoms with Crippen LogP contribution in [0.2, 0.25) is 0 Å². The lowest BCUT2D eigenvalue weighted by atomic mass is 10.2. The van der Waals surface area contributed by atoms with E-state index in [4.69, 9.17) is 4.42 Å². The largest absolute Gasteiger partial charge is 0.419 e. The molecule has 0 saturated carbocycles. The van der Waals surface area contributed by atoms with Gasteiger partial charge in [-0.05, 0) is 32.6 Å². The van der Waals surface area contributed by atoms with Gasteiger partial charge in [0.25, 0.3) is 0 Å². The molecule has 0 fully saturated rings. The van der Waals surface area contributed by atoms with Gasteiger partial charge in [0.05, 0.1) is 0 Å². The molecule has 0 spiro atoms. The zero-order valence-corrected chi connectivity index (χ0v) is 14.7. The molecule has 0 aliphatic rings. The van der Waals surface area contributed by atoms with Crippen molar-refractivity contribution in [2.24, 2.45) is 0 Å². The van der Waals surface area contributed by atoms with E-state index in [-0.39, 0.29) is 18.6 Å². The van der Waals surface area contributed by atoms with E-state index in [9.17, 15) is 4.79 Å². The Bertz CT molecular complexity index is 641. The summed E-state index contributed by atoms with van der Waals surface area (Å²) in [6, 6.07) is 9.52. The standard InChI is InChI=1S/C17H25N5O2/c1-5-14(11-21(2)3)18-17(23)22(4)12-15-19-20-16(24-15)13-9-7-6-8-10-13/h6-10,14H,5,11-12H2,1-4H3,(H,18,23)/t14-/m0/s1. The van der Waals surface area contributed by atoms with Gasteiger partial charge >= 0.3 is 6.03 Å². The average molecular weight is 331 g/mol. The van der Waals surface area contributed by atoms with Gasteiger partial charge in [0.15, 0.2) is 0 Å². The van der Waals surface area contributed by atoms with Crippen molar-refractivity contribution < 1.29 is 9.21 Å². The van der Waals surface area contributed by atoms with Gasteiger partial charge in [-0.1, -0.05) is 25.1 Å². The molecule has 2 amide bonds. The second-order valence-corrected chi connectivity index (χ2v) is 6.04. The van der Waals surface area contributed by atoms with Crippen molar-refractivity contribution in [3.63, 3.8) is 0 Å². The molecule has 130 valence electrons. The van der Waals surface area contributed by atoms with Crippen LogP contribution in [-0.2, 0) is 6.54 Å². The molecular weight excluding hydrogens is 306 g/mol. The van der Waals surface area contributed by atoms with Crippen LogP contribution in [-0.4, -0.2) is 59.8 Å². The van der Waals surface area contributed by atoms with Crippen LogP contribution < -0.4 is 5.32 Å². The number of carbonyl (C=O) groups is 1. The van der Waals surface area contributed by atoms with Crippen LogP contribution in [0.3, 0.4) is 0 Å². The van der Waals surface area contributed by atoms with Crippen LogP contribution in [0.25, 0.3) is 11.5 Å². The number of likely N-dealkylation sites (N-methyl/N-ethyl adjacent to an activating group) is 1. The van der Waals surface area contributed by atoms with E-state index in [0.717, 1.165) is 18.5 Å². The first-order valence-electron chi connectivity index (χ1n) is 8.03. The highest BCUT2D eigenvalue weighted by Gasteiger charge is 2.17. The molecule has 0 saturated heterocycles. The summed E-state index contributed by atoms with van der Waals surface area (Å²) < 4.78 is 5.63. The van der Waals surface area contributed by atoms with Crippen molar-refractivity contribution in [3.05, 3.63) is 36.2 Å². The predicted octanol–water partition coefficient (Wildman–Crippen LogP) is 2.22. The van der Waals surface area contributed by atoms with Gasteiger partial charge in [-0.3, -0.25) is 0 Å². The molecule has 1 N–H and O–H groups in total. The smallest absolute Gasteiger partial charge is 0.317 e. The number of aromatic nitrogens is 2. The second kappa shape index (κ2) is 8.44. The third-order valence-corrected chi connectivity index (χ3v) is 3.61. The Labute approximate surface area is 142 Å². The van der Waals surface area contributed by atoms with Gasteiger partial charge in [0.1, 0.15) is 6.54 Å². The van der Waals surface area contributed by atoms with Gasteiger partial charge in [-0.15, -0.1) is 10.2 Å². The lowest BCUT2D eigenvalue weighted by Crippen LogP contribution is -2.46. The maximum Gasteiger partial charge on any atom is 0.317 e. The fraction of sp³-hybridized carbons (Fsp3) is 0.471. The maximum absolute atomic E-state index is 12.3. The predicted molar refractivity (Wildman–Crippen MR) is 92.4 cm³/mol. The highest BCUT2D eigenvalue weighted by Crippen LogP contribution is 2.17. The van der Waals surface area contributed by atoms with E-state index in [1.807, 2.05) is 44.4 Å². The molecule has 0 bridgehead atoms. The summed E-state index contributed by atoms with van der Waals surface area (Å²) in [4.78, 5) is 15.9. The van der Waals surface area contributed by atoms with Crippen LogP contribution >= 0.6 is 0 Å². The van der Waals surface area contributed by atoms with Crippen molar-refractivity contribution in [3.8, 4) is 11.5 Å². The Balaban J connectivity index is 1.93. The molecule has 0 unspecified atom stereocenters. The molecule has 0 radical (unpaired) electrons. The number of amides is 2. The summed E-state index contributed by atoms with van der Waals surface area (Å²) in [6.07, 6.45) is 0.872. The molecule has 1 atom stereocenters. The second-order valence-electron chi connectivity index (χ2n) is 6.04. The van der Waals surface area contributed by atoms with E-state index >= 15 is 0 Å². The molecule has 24 heavy (non-hydrogen) atoms. The minimum Gasteiger partial charge on any atom is -0.419 e. The summed E-state index contributed by atoms with van der Waals surface area (Å²) in [5.41, 5.74) is 0.861. The minimum atomic E-state index is -0.150. The highest BCUT2D eigenvalue weighted by atomic mass is 16.4. The first-order chi connectivity index (χ1) is 11.5. The summed E-state index contributed by atoms with van der Waals surface area (Å²) in [6.45, 7) is 3.12. The Morgan fingerprint density at radius 1 is 1.21 bits per heavy atom. The van der Waals surface area contributed by atoms with Crippen LogP contribution in [0, 0.1) is 0 Å². The van der Waals surface area contributed by atoms with Crippen LogP contribution in [0.15, 0.2) is 34.7 Å². The number of rotatable bonds is 7. The topological polar surface area (TPSA) is 74.5 Å². The van der Waals surface area contributed by atoms with E-state index in [0.29, 0.717) is 11.8 Å². The summed E-state index contributed by atoms with van der Waals surface area (Å²) in [7, 11) is 5.69. The Morgan fingerprint density at radius 3 is 2.54 bits per heavy atom. The zero-order chi connectivity index (χ0) is 17.5. The summed E-state index contributed by atoms with van der Waals surface area (Å²) >= 11 is 0. The van der Waals surface area contributed by atoms with Crippen molar-refractivity contribution in [2.75, 3.05) is 27.7 Å². The Hall–Kier alpha value is -2.41. The quantitative estimate of drug-likeness (QED) is 0.842. The fourth-order valence-corrected chi connectivity index (χ4v) is 2.29. The summed E-state index contributed by atoms with van der Waals surface area (Å²) in [5.74, 6) is 0.866. The zero-order valence-electron chi connectivity index (χ0n) is 14.7. The lowest BCUT2D eigenvalue weighted by Gasteiger charge is -2.24. The maximum atomic E-state index is 12.3. The number of hydrogen-bond donors (Lipinski definition) is 1. The van der Waals surface area contributed by atoms with Gasteiger partial charge < -0.3 is 19.5 Å². The van der Waals surface area contributed by atoms with Crippen molar-refractivity contribution in [2.45, 2.75) is 25.9 Å². The first kappa shape index (κ1) is 17.9. The molecule has 2 rings (SSSR count). The third kappa shape index (κ3) is 5.06. The van der Waals surface area contributed by atoms with Crippen molar-refractivity contribution in [1.82, 2.24) is 25.3 Å². The number of hydrogen-bond acceptors (Lipinski definition) is 5. The van der Waals surface area contributed by atoms with Gasteiger partial charge in [-0.25, -0.2) is 4.79 Å². The number of urea groups is 1. The third-order valence-electron chi connectivity index (χ3n) is 3.61. The SMILES string of the molecule is CC[C@@H](CN(C)C)NC(=O)N(C)Cc1nnc(-c2ccccc2)o1. The molecule has 0 aliphatic carbocycles. The molecule has 1 aromatic carbocycles. The van der Waals surface area contributed by atoms with Gasteiger partial charge in [0.2, 0.25) is 11.8 Å². The minimum absolute atomic E-state index is 0.109. The van der Waals surface area contributed by atoms with Gasteiger partial charge in [0, 0.05) is 25.2 Å². The summed E-state index contributed by atoms with van der Waals surface area (Å²) in [5, 5.41) is 11.1. The lowest BCUT2D eigenvalue weighted by molar-refractivity contribution is 0.194. The molecule has 7 heteroatoms. The van der Waals surface area contributed by atoms with E-state index in [1.165, 1.54) is 0 Å². The Kier molecular flexibility index (Phi) is 6.31. The normalized spacial score (nSPS) is 12.2. The number of benzene rings is 1. The van der Waals surface area contributed by atoms with Crippen LogP contribution in [0.1, 0.15) is 19.2 Å². The van der Waals surface area contributed by atoms with E-state index in [1.54, 1.807) is 11.9 Å².